The van der Waals surface area contributed by atoms with Crippen LogP contribution >= 0.6 is 0 Å². The van der Waals surface area contributed by atoms with Crippen molar-refractivity contribution in [1.82, 2.24) is 5.32 Å². The number of amides is 3. The normalized spacial score (nSPS) is 10.2. The molecule has 0 fully saturated rings. The van der Waals surface area contributed by atoms with Crippen LogP contribution in [0.2, 0.25) is 0 Å². The fourth-order valence-corrected chi connectivity index (χ4v) is 3.09. The van der Waals surface area contributed by atoms with Gasteiger partial charge in [-0.3, -0.25) is 14.4 Å². The summed E-state index contributed by atoms with van der Waals surface area (Å²) >= 11 is 0. The second-order valence-corrected chi connectivity index (χ2v) is 7.64. The van der Waals surface area contributed by atoms with Gasteiger partial charge in [-0.25, -0.2) is 0 Å². The summed E-state index contributed by atoms with van der Waals surface area (Å²) in [6, 6.07) is 21.3. The molecule has 4 N–H and O–H groups in total. The van der Waals surface area contributed by atoms with Gasteiger partial charge in [0.2, 0.25) is 5.91 Å². The molecular weight excluding hydrogens is 416 g/mol. The first kappa shape index (κ1) is 23.5. The Hall–Kier alpha value is -4.13. The van der Waals surface area contributed by atoms with E-state index in [1.807, 2.05) is 32.0 Å². The molecular formula is C26H28N4O3. The number of hydrogen-bond donors (Lipinski definition) is 4. The predicted molar refractivity (Wildman–Crippen MR) is 132 cm³/mol. The molecule has 0 saturated heterocycles. The lowest BCUT2D eigenvalue weighted by Gasteiger charge is -2.10. The molecule has 0 bridgehead atoms. The molecule has 0 aromatic heterocycles. The molecule has 0 spiro atoms. The first-order valence-electron chi connectivity index (χ1n) is 10.8. The van der Waals surface area contributed by atoms with E-state index in [4.69, 9.17) is 0 Å². The first-order chi connectivity index (χ1) is 15.9. The molecule has 0 aliphatic rings. The lowest BCUT2D eigenvalue weighted by molar-refractivity contribution is -0.114. The van der Waals surface area contributed by atoms with Crippen LogP contribution in [0, 0.1) is 6.92 Å². The Morgan fingerprint density at radius 1 is 0.727 bits per heavy atom. The summed E-state index contributed by atoms with van der Waals surface area (Å²) in [5, 5.41) is 11.5. The number of rotatable bonds is 9. The third-order valence-electron chi connectivity index (χ3n) is 4.84. The zero-order valence-corrected chi connectivity index (χ0v) is 18.8. The second kappa shape index (κ2) is 11.5. The van der Waals surface area contributed by atoms with Gasteiger partial charge in [0, 0.05) is 34.7 Å². The highest BCUT2D eigenvalue weighted by Crippen LogP contribution is 2.15. The van der Waals surface area contributed by atoms with Gasteiger partial charge in [0.25, 0.3) is 11.8 Å². The van der Waals surface area contributed by atoms with E-state index in [2.05, 4.69) is 21.3 Å². The molecule has 0 aliphatic heterocycles. The van der Waals surface area contributed by atoms with Gasteiger partial charge in [-0.2, -0.15) is 0 Å². The monoisotopic (exact) mass is 444 g/mol. The standard InChI is InChI=1S/C26H28N4O3/c1-3-15-27-25(32)19-7-9-22(10-8-19)29-24(31)17-28-21-11-13-23(14-12-21)30-26(33)20-6-4-5-18(2)16-20/h4-14,16,28H,3,15,17H2,1-2H3,(H,27,32)(H,29,31)(H,30,33). The van der Waals surface area contributed by atoms with E-state index >= 15 is 0 Å². The third-order valence-corrected chi connectivity index (χ3v) is 4.84. The van der Waals surface area contributed by atoms with Crippen molar-refractivity contribution in [3.05, 3.63) is 89.5 Å². The maximum Gasteiger partial charge on any atom is 0.255 e. The van der Waals surface area contributed by atoms with Crippen LogP contribution in [0.25, 0.3) is 0 Å². The molecule has 0 unspecified atom stereocenters. The molecule has 3 rings (SSSR count). The summed E-state index contributed by atoms with van der Waals surface area (Å²) in [7, 11) is 0. The van der Waals surface area contributed by atoms with E-state index in [1.54, 1.807) is 54.6 Å². The molecule has 3 aromatic rings. The highest BCUT2D eigenvalue weighted by atomic mass is 16.2. The highest BCUT2D eigenvalue weighted by Gasteiger charge is 2.08. The molecule has 3 aromatic carbocycles. The fraction of sp³-hybridized carbons (Fsp3) is 0.192. The Morgan fingerprint density at radius 2 is 1.36 bits per heavy atom. The maximum atomic E-state index is 12.3. The summed E-state index contributed by atoms with van der Waals surface area (Å²) in [5.74, 6) is -0.516. The van der Waals surface area contributed by atoms with E-state index in [1.165, 1.54) is 0 Å². The van der Waals surface area contributed by atoms with Crippen molar-refractivity contribution in [2.75, 3.05) is 29.0 Å². The SMILES string of the molecule is CCCNC(=O)c1ccc(NC(=O)CNc2ccc(NC(=O)c3cccc(C)c3)cc2)cc1. The number of benzene rings is 3. The topological polar surface area (TPSA) is 99.3 Å². The van der Waals surface area contributed by atoms with Crippen LogP contribution in [-0.4, -0.2) is 30.8 Å². The van der Waals surface area contributed by atoms with Crippen LogP contribution in [0.15, 0.2) is 72.8 Å². The maximum absolute atomic E-state index is 12.3. The third kappa shape index (κ3) is 7.21. The molecule has 0 aliphatic carbocycles. The summed E-state index contributed by atoms with van der Waals surface area (Å²) in [6.07, 6.45) is 0.873. The molecule has 3 amide bonds. The summed E-state index contributed by atoms with van der Waals surface area (Å²) < 4.78 is 0. The van der Waals surface area contributed by atoms with E-state index in [0.717, 1.165) is 17.7 Å². The van der Waals surface area contributed by atoms with Crippen molar-refractivity contribution in [3.8, 4) is 0 Å². The van der Waals surface area contributed by atoms with Crippen molar-refractivity contribution in [1.29, 1.82) is 0 Å². The van der Waals surface area contributed by atoms with Crippen molar-refractivity contribution in [3.63, 3.8) is 0 Å². The summed E-state index contributed by atoms with van der Waals surface area (Å²) in [6.45, 7) is 4.64. The van der Waals surface area contributed by atoms with Gasteiger partial charge in [0.1, 0.15) is 0 Å². The quantitative estimate of drug-likeness (QED) is 0.392. The number of aryl methyl sites for hydroxylation is 1. The number of anilines is 3. The fourth-order valence-electron chi connectivity index (χ4n) is 3.09. The van der Waals surface area contributed by atoms with Gasteiger partial charge in [0.05, 0.1) is 6.54 Å². The molecule has 0 atom stereocenters. The van der Waals surface area contributed by atoms with E-state index in [0.29, 0.717) is 29.0 Å². The van der Waals surface area contributed by atoms with Gasteiger partial charge >= 0.3 is 0 Å². The van der Waals surface area contributed by atoms with Crippen LogP contribution in [0.3, 0.4) is 0 Å². The van der Waals surface area contributed by atoms with Crippen molar-refractivity contribution < 1.29 is 14.4 Å². The number of carbonyl (C=O) groups is 3. The second-order valence-electron chi connectivity index (χ2n) is 7.64. The number of carbonyl (C=O) groups excluding carboxylic acids is 3. The Labute approximate surface area is 193 Å². The van der Waals surface area contributed by atoms with Gasteiger partial charge < -0.3 is 21.3 Å². The van der Waals surface area contributed by atoms with Crippen molar-refractivity contribution >= 4 is 34.8 Å². The molecule has 7 heteroatoms. The van der Waals surface area contributed by atoms with Crippen LogP contribution in [-0.2, 0) is 4.79 Å². The lowest BCUT2D eigenvalue weighted by atomic mass is 10.1. The van der Waals surface area contributed by atoms with Gasteiger partial charge in [-0.15, -0.1) is 0 Å². The van der Waals surface area contributed by atoms with Crippen molar-refractivity contribution in [2.45, 2.75) is 20.3 Å². The highest BCUT2D eigenvalue weighted by molar-refractivity contribution is 6.04. The zero-order chi connectivity index (χ0) is 23.6. The Kier molecular flexibility index (Phi) is 8.18. The van der Waals surface area contributed by atoms with Gasteiger partial charge in [-0.1, -0.05) is 24.6 Å². The van der Waals surface area contributed by atoms with Gasteiger partial charge in [-0.05, 0) is 74.0 Å². The Balaban J connectivity index is 1.46. The number of hydrogen-bond acceptors (Lipinski definition) is 4. The van der Waals surface area contributed by atoms with Crippen molar-refractivity contribution in [2.24, 2.45) is 0 Å². The van der Waals surface area contributed by atoms with Crippen LogP contribution in [0.5, 0.6) is 0 Å². The average molecular weight is 445 g/mol. The minimum absolute atomic E-state index is 0.0771. The average Bonchev–Trinajstić information content (AvgIpc) is 2.82. The van der Waals surface area contributed by atoms with E-state index < -0.39 is 0 Å². The molecule has 170 valence electrons. The molecule has 0 heterocycles. The van der Waals surface area contributed by atoms with E-state index in [-0.39, 0.29) is 24.3 Å². The number of nitrogens with one attached hydrogen (secondary N) is 4. The van der Waals surface area contributed by atoms with Crippen LogP contribution < -0.4 is 21.3 Å². The molecule has 7 nitrogen and oxygen atoms in total. The predicted octanol–water partition coefficient (Wildman–Crippen LogP) is 4.44. The summed E-state index contributed by atoms with van der Waals surface area (Å²) in [4.78, 5) is 36.5. The molecule has 0 saturated carbocycles. The minimum Gasteiger partial charge on any atom is -0.376 e. The first-order valence-corrected chi connectivity index (χ1v) is 10.8. The van der Waals surface area contributed by atoms with Crippen LogP contribution in [0.1, 0.15) is 39.6 Å². The summed E-state index contributed by atoms with van der Waals surface area (Å²) in [5.41, 5.74) is 4.20. The molecule has 0 radical (unpaired) electrons. The molecule has 33 heavy (non-hydrogen) atoms. The zero-order valence-electron chi connectivity index (χ0n) is 18.8. The smallest absolute Gasteiger partial charge is 0.255 e. The minimum atomic E-state index is -0.213. The van der Waals surface area contributed by atoms with Crippen LogP contribution in [0.4, 0.5) is 17.1 Å². The largest absolute Gasteiger partial charge is 0.376 e. The Morgan fingerprint density at radius 3 is 2.03 bits per heavy atom. The van der Waals surface area contributed by atoms with Gasteiger partial charge in [0.15, 0.2) is 0 Å². The Bertz CT molecular complexity index is 1110. The lowest BCUT2D eigenvalue weighted by Crippen LogP contribution is -2.24. The van der Waals surface area contributed by atoms with E-state index in [9.17, 15) is 14.4 Å².